The maximum absolute atomic E-state index is 9.98. The van der Waals surface area contributed by atoms with Gasteiger partial charge in [-0.3, -0.25) is 0 Å². The van der Waals surface area contributed by atoms with Crippen molar-refractivity contribution >= 4 is 7.85 Å². The zero-order valence-electron chi connectivity index (χ0n) is 7.55. The first-order valence-electron chi connectivity index (χ1n) is 4.63. The van der Waals surface area contributed by atoms with Crippen molar-refractivity contribution < 1.29 is 24.4 Å². The van der Waals surface area contributed by atoms with Crippen LogP contribution in [0.25, 0.3) is 0 Å². The van der Waals surface area contributed by atoms with Crippen LogP contribution in [0.5, 0.6) is 0 Å². The fourth-order valence-electron chi connectivity index (χ4n) is 2.87. The summed E-state index contributed by atoms with van der Waals surface area (Å²) in [6, 6.07) is -0.593. The van der Waals surface area contributed by atoms with Crippen LogP contribution in [-0.2, 0) is 14.2 Å². The predicted molar refractivity (Wildman–Crippen MR) is 44.3 cm³/mol. The molecule has 0 aromatic rings. The number of rotatable bonds is 1. The van der Waals surface area contributed by atoms with E-state index < -0.39 is 17.4 Å². The molecular formula is C8H11BO5. The molecule has 1 saturated carbocycles. The van der Waals surface area contributed by atoms with Crippen molar-refractivity contribution in [1.29, 1.82) is 0 Å². The molecule has 0 amide bonds. The molecule has 6 heteroatoms. The lowest BCUT2D eigenvalue weighted by Gasteiger charge is -2.57. The Morgan fingerprint density at radius 1 is 1.50 bits per heavy atom. The van der Waals surface area contributed by atoms with Crippen LogP contribution in [-0.4, -0.2) is 55.0 Å². The number of aliphatic hydroxyl groups is 2. The second kappa shape index (κ2) is 2.51. The molecule has 2 N–H and O–H groups in total. The van der Waals surface area contributed by atoms with Crippen molar-refractivity contribution in [3.05, 3.63) is 0 Å². The smallest absolute Gasteiger partial charge is 0.179 e. The highest BCUT2D eigenvalue weighted by molar-refractivity contribution is 6.11. The third-order valence-corrected chi connectivity index (χ3v) is 3.47. The zero-order chi connectivity index (χ0) is 9.97. The minimum atomic E-state index is -1.22. The Bertz CT molecular complexity index is 274. The van der Waals surface area contributed by atoms with Gasteiger partial charge in [0.15, 0.2) is 12.6 Å². The largest absolute Gasteiger partial charge is 0.393 e. The van der Waals surface area contributed by atoms with Crippen LogP contribution >= 0.6 is 0 Å². The van der Waals surface area contributed by atoms with Gasteiger partial charge >= 0.3 is 0 Å². The fraction of sp³-hybridized carbons (Fsp3) is 1.00. The summed E-state index contributed by atoms with van der Waals surface area (Å²) in [5.41, 5.74) is -0.765. The van der Waals surface area contributed by atoms with E-state index >= 15 is 0 Å². The van der Waals surface area contributed by atoms with Gasteiger partial charge in [0.1, 0.15) is 13.4 Å². The molecular weight excluding hydrogens is 187 g/mol. The van der Waals surface area contributed by atoms with Crippen LogP contribution in [0.4, 0.5) is 0 Å². The Morgan fingerprint density at radius 2 is 2.29 bits per heavy atom. The molecule has 0 aromatic heterocycles. The van der Waals surface area contributed by atoms with Gasteiger partial charge in [0.25, 0.3) is 0 Å². The van der Waals surface area contributed by atoms with Gasteiger partial charge in [-0.05, 0) is 0 Å². The number of hydrogen-bond donors (Lipinski definition) is 2. The zero-order valence-corrected chi connectivity index (χ0v) is 7.55. The monoisotopic (exact) mass is 198 g/mol. The maximum atomic E-state index is 9.98. The standard InChI is InChI=1S/C8H11BO5/c9-6-4-5-7(2-10,14-6)1-8(5,11)13-3-12-4/h4-6,10-11H,1-3H2/t4-,5?,6+,7+,8?/m0/s1. The van der Waals surface area contributed by atoms with Crippen molar-refractivity contribution in [3.8, 4) is 0 Å². The summed E-state index contributed by atoms with van der Waals surface area (Å²) in [6.07, 6.45) is -0.121. The molecule has 76 valence electrons. The van der Waals surface area contributed by atoms with Crippen molar-refractivity contribution in [2.45, 2.75) is 29.9 Å². The van der Waals surface area contributed by atoms with Gasteiger partial charge in [-0.25, -0.2) is 0 Å². The van der Waals surface area contributed by atoms with E-state index in [1.807, 2.05) is 0 Å². The molecule has 5 atom stereocenters. The topological polar surface area (TPSA) is 68.2 Å². The van der Waals surface area contributed by atoms with E-state index in [1.165, 1.54) is 0 Å². The predicted octanol–water partition coefficient (Wildman–Crippen LogP) is -1.68. The molecule has 2 heterocycles. The van der Waals surface area contributed by atoms with Gasteiger partial charge in [0.05, 0.1) is 18.6 Å². The maximum Gasteiger partial charge on any atom is 0.179 e. The Kier molecular flexibility index (Phi) is 1.63. The van der Waals surface area contributed by atoms with Crippen LogP contribution in [0.15, 0.2) is 0 Å². The molecule has 0 aromatic carbocycles. The molecule has 2 saturated heterocycles. The Morgan fingerprint density at radius 3 is 3.00 bits per heavy atom. The van der Waals surface area contributed by atoms with Crippen molar-refractivity contribution in [2.24, 2.45) is 5.92 Å². The Balaban J connectivity index is 1.96. The molecule has 3 aliphatic rings. The first-order valence-corrected chi connectivity index (χ1v) is 4.63. The van der Waals surface area contributed by atoms with Crippen LogP contribution in [0.2, 0.25) is 0 Å². The molecule has 14 heavy (non-hydrogen) atoms. The summed E-state index contributed by atoms with van der Waals surface area (Å²) in [6.45, 7) is -0.146. The molecule has 3 fully saturated rings. The van der Waals surface area contributed by atoms with Crippen molar-refractivity contribution in [3.63, 3.8) is 0 Å². The minimum absolute atomic E-state index is 0.0240. The van der Waals surface area contributed by atoms with E-state index in [0.717, 1.165) is 0 Å². The minimum Gasteiger partial charge on any atom is -0.393 e. The summed E-state index contributed by atoms with van der Waals surface area (Å²) in [5, 5.41) is 19.2. The fourth-order valence-corrected chi connectivity index (χ4v) is 2.87. The molecule has 5 nitrogen and oxygen atoms in total. The molecule has 0 bridgehead atoms. The lowest BCUT2D eigenvalue weighted by Crippen LogP contribution is -2.71. The van der Waals surface area contributed by atoms with Gasteiger partial charge in [-0.15, -0.1) is 0 Å². The molecule has 3 rings (SSSR count). The summed E-state index contributed by atoms with van der Waals surface area (Å²) in [4.78, 5) is 0. The third kappa shape index (κ3) is 0.839. The summed E-state index contributed by atoms with van der Waals surface area (Å²) >= 11 is 0. The van der Waals surface area contributed by atoms with E-state index in [4.69, 9.17) is 22.1 Å². The van der Waals surface area contributed by atoms with Gasteiger partial charge in [0.2, 0.25) is 0 Å². The quantitative estimate of drug-likeness (QED) is 0.492. The van der Waals surface area contributed by atoms with E-state index in [1.54, 1.807) is 0 Å². The van der Waals surface area contributed by atoms with Crippen LogP contribution in [0.3, 0.4) is 0 Å². The van der Waals surface area contributed by atoms with E-state index in [-0.39, 0.29) is 31.8 Å². The van der Waals surface area contributed by atoms with Gasteiger partial charge < -0.3 is 24.4 Å². The van der Waals surface area contributed by atoms with Crippen LogP contribution < -0.4 is 0 Å². The Hall–Kier alpha value is -0.135. The second-order valence-corrected chi connectivity index (χ2v) is 4.20. The molecule has 0 spiro atoms. The van der Waals surface area contributed by atoms with Crippen molar-refractivity contribution in [2.75, 3.05) is 13.4 Å². The highest BCUT2D eigenvalue weighted by Gasteiger charge is 2.74. The highest BCUT2D eigenvalue weighted by atomic mass is 16.8. The summed E-state index contributed by atoms with van der Waals surface area (Å²) in [7, 11) is 5.70. The second-order valence-electron chi connectivity index (χ2n) is 4.20. The highest BCUT2D eigenvalue weighted by Crippen LogP contribution is 2.59. The SMILES string of the molecule is [B][C@@H]1O[C@@]2(CO)CC3(O)OCO[C@H]1C32. The summed E-state index contributed by atoms with van der Waals surface area (Å²) < 4.78 is 15.8. The average Bonchev–Trinajstić information content (AvgIpc) is 2.39. The van der Waals surface area contributed by atoms with E-state index in [0.29, 0.717) is 0 Å². The molecule has 2 aliphatic heterocycles. The Labute approximate surface area is 82.4 Å². The van der Waals surface area contributed by atoms with Crippen molar-refractivity contribution in [1.82, 2.24) is 0 Å². The lowest BCUT2D eigenvalue weighted by molar-refractivity contribution is -0.403. The van der Waals surface area contributed by atoms with E-state index in [9.17, 15) is 10.2 Å². The normalized spacial score (nSPS) is 60.6. The number of hydrogen-bond acceptors (Lipinski definition) is 5. The average molecular weight is 198 g/mol. The third-order valence-electron chi connectivity index (χ3n) is 3.47. The summed E-state index contributed by atoms with van der Waals surface area (Å²) in [5.74, 6) is -1.59. The van der Waals surface area contributed by atoms with E-state index in [2.05, 4.69) is 0 Å². The van der Waals surface area contributed by atoms with Crippen LogP contribution in [0, 0.1) is 5.92 Å². The molecule has 1 aliphatic carbocycles. The first kappa shape index (κ1) is 9.12. The van der Waals surface area contributed by atoms with Gasteiger partial charge in [0, 0.05) is 12.4 Å². The molecule has 2 unspecified atom stereocenters. The first-order chi connectivity index (χ1) is 6.61. The number of ether oxygens (including phenoxy) is 3. The number of aliphatic hydroxyl groups excluding tert-OH is 1. The lowest BCUT2D eigenvalue weighted by atomic mass is 9.62. The van der Waals surface area contributed by atoms with Crippen LogP contribution in [0.1, 0.15) is 6.42 Å². The van der Waals surface area contributed by atoms with Gasteiger partial charge in [-0.2, -0.15) is 0 Å². The molecule has 2 radical (unpaired) electrons. The van der Waals surface area contributed by atoms with Gasteiger partial charge in [-0.1, -0.05) is 0 Å².